The minimum atomic E-state index is -0.921. The Hall–Kier alpha value is -3.95. The molecular formula is C46H63NO2. The van der Waals surface area contributed by atoms with E-state index < -0.39 is 5.97 Å². The molecule has 264 valence electrons. The lowest BCUT2D eigenvalue weighted by atomic mass is 9.69. The number of benzene rings is 3. The van der Waals surface area contributed by atoms with E-state index in [1.54, 1.807) is 6.08 Å². The maximum atomic E-state index is 10.2. The first-order valence-corrected chi connectivity index (χ1v) is 18.9. The highest BCUT2D eigenvalue weighted by atomic mass is 16.4. The molecule has 0 heterocycles. The zero-order valence-corrected chi connectivity index (χ0v) is 30.7. The van der Waals surface area contributed by atoms with Crippen LogP contribution >= 0.6 is 0 Å². The van der Waals surface area contributed by atoms with E-state index >= 15 is 0 Å². The largest absolute Gasteiger partial charge is 0.478 e. The van der Waals surface area contributed by atoms with Crippen LogP contribution in [-0.2, 0) is 10.2 Å². The third-order valence-electron chi connectivity index (χ3n) is 9.06. The number of carboxylic acids is 1. The second-order valence-corrected chi connectivity index (χ2v) is 12.7. The number of hydrogen-bond donors (Lipinski definition) is 1. The molecule has 0 saturated heterocycles. The van der Waals surface area contributed by atoms with Crippen LogP contribution in [0.15, 0.2) is 140 Å². The van der Waals surface area contributed by atoms with E-state index in [4.69, 9.17) is 5.11 Å². The van der Waals surface area contributed by atoms with Gasteiger partial charge in [-0.25, -0.2) is 4.79 Å². The van der Waals surface area contributed by atoms with Gasteiger partial charge in [0.25, 0.3) is 0 Å². The zero-order valence-electron chi connectivity index (χ0n) is 30.7. The smallest absolute Gasteiger partial charge is 0.328 e. The fourth-order valence-electron chi connectivity index (χ4n) is 6.22. The summed E-state index contributed by atoms with van der Waals surface area (Å²) in [6, 6.07) is 32.8. The highest BCUT2D eigenvalue weighted by Gasteiger charge is 2.37. The lowest BCUT2D eigenvalue weighted by Crippen LogP contribution is -2.42. The Bertz CT molecular complexity index is 1240. The molecule has 3 rings (SSSR count). The van der Waals surface area contributed by atoms with Crippen molar-refractivity contribution in [3.8, 4) is 0 Å². The maximum absolute atomic E-state index is 10.2. The Kier molecular flexibility index (Phi) is 22.7. The Morgan fingerprint density at radius 3 is 1.35 bits per heavy atom. The Morgan fingerprint density at radius 1 is 0.551 bits per heavy atom. The van der Waals surface area contributed by atoms with Crippen LogP contribution in [0.2, 0.25) is 0 Å². The van der Waals surface area contributed by atoms with Crippen molar-refractivity contribution in [2.24, 2.45) is 0 Å². The molecule has 0 spiro atoms. The van der Waals surface area contributed by atoms with Gasteiger partial charge in [0, 0.05) is 12.6 Å². The Balaban J connectivity index is 0.000000341. The van der Waals surface area contributed by atoms with Crippen LogP contribution in [0.1, 0.15) is 115 Å². The van der Waals surface area contributed by atoms with Crippen molar-refractivity contribution in [2.45, 2.75) is 103 Å². The van der Waals surface area contributed by atoms with E-state index in [9.17, 15) is 4.79 Å². The number of likely N-dealkylation sites (N-methyl/N-ethyl adjacent to an activating group) is 1. The van der Waals surface area contributed by atoms with Crippen LogP contribution in [0, 0.1) is 0 Å². The predicted octanol–water partition coefficient (Wildman–Crippen LogP) is 12.4. The molecule has 0 atom stereocenters. The number of unbranched alkanes of at least 4 members (excludes halogenated alkanes) is 11. The fourth-order valence-corrected chi connectivity index (χ4v) is 6.22. The third-order valence-corrected chi connectivity index (χ3v) is 9.06. The summed E-state index contributed by atoms with van der Waals surface area (Å²) in [7, 11) is 0. The Morgan fingerprint density at radius 2 is 0.939 bits per heavy atom. The van der Waals surface area contributed by atoms with Crippen molar-refractivity contribution < 1.29 is 9.90 Å². The maximum Gasteiger partial charge on any atom is 0.328 e. The minimum absolute atomic E-state index is 0.171. The zero-order chi connectivity index (χ0) is 35.3. The van der Waals surface area contributed by atoms with E-state index in [2.05, 4.69) is 129 Å². The average Bonchev–Trinajstić information content (AvgIpc) is 3.14. The molecule has 0 unspecified atom stereocenters. The molecule has 0 aliphatic heterocycles. The SMILES string of the molecule is CCCCCCCCCCCCCC=CC=CC=CC=CC(=O)O.CCN(CC)CC(c1ccccc1)(c1ccccc1)c1ccccc1. The van der Waals surface area contributed by atoms with Crippen molar-refractivity contribution >= 4 is 5.97 Å². The number of nitrogens with zero attached hydrogens (tertiary/aromatic N) is 1. The van der Waals surface area contributed by atoms with Crippen LogP contribution in [0.25, 0.3) is 0 Å². The average molecular weight is 662 g/mol. The molecule has 1 N–H and O–H groups in total. The lowest BCUT2D eigenvalue weighted by molar-refractivity contribution is -0.131. The second-order valence-electron chi connectivity index (χ2n) is 12.7. The summed E-state index contributed by atoms with van der Waals surface area (Å²) in [6.07, 6.45) is 30.7. The van der Waals surface area contributed by atoms with Crippen molar-refractivity contribution in [1.29, 1.82) is 0 Å². The molecule has 0 aromatic heterocycles. The topological polar surface area (TPSA) is 40.5 Å². The monoisotopic (exact) mass is 661 g/mol. The summed E-state index contributed by atoms with van der Waals surface area (Å²) in [5.41, 5.74) is 3.87. The molecule has 0 amide bonds. The summed E-state index contributed by atoms with van der Waals surface area (Å²) in [6.45, 7) is 9.82. The fraction of sp³-hybridized carbons (Fsp3) is 0.413. The van der Waals surface area contributed by atoms with Gasteiger partial charge in [0.15, 0.2) is 0 Å². The lowest BCUT2D eigenvalue weighted by Gasteiger charge is -2.40. The summed E-state index contributed by atoms with van der Waals surface area (Å²) in [4.78, 5) is 12.8. The molecule has 0 radical (unpaired) electrons. The molecule has 0 fully saturated rings. The van der Waals surface area contributed by atoms with Gasteiger partial charge in [-0.15, -0.1) is 0 Å². The van der Waals surface area contributed by atoms with Gasteiger partial charge < -0.3 is 10.0 Å². The van der Waals surface area contributed by atoms with Crippen LogP contribution in [0.5, 0.6) is 0 Å². The molecule has 3 heteroatoms. The van der Waals surface area contributed by atoms with E-state index in [0.29, 0.717) is 0 Å². The van der Waals surface area contributed by atoms with Gasteiger partial charge in [0.2, 0.25) is 0 Å². The van der Waals surface area contributed by atoms with Crippen LogP contribution in [0.4, 0.5) is 0 Å². The standard InChI is InChI=1S/C24H27N.C22H36O2/c1-3-25(4-2)20-24(21-14-8-5-9-15-21,22-16-10-6-11-17-22)23-18-12-7-13-19-23;1-2-3-4-5-6-7-8-9-10-11-12-13-14-15-16-17-18-19-20-21-22(23)24/h5-19H,3-4,20H2,1-2H3;14-21H,2-13H2,1H3,(H,23,24). The highest BCUT2D eigenvalue weighted by molar-refractivity contribution is 5.80. The molecular weight excluding hydrogens is 599 g/mol. The van der Waals surface area contributed by atoms with E-state index in [-0.39, 0.29) is 5.41 Å². The predicted molar refractivity (Wildman–Crippen MR) is 212 cm³/mol. The van der Waals surface area contributed by atoms with E-state index in [1.165, 1.54) is 93.4 Å². The Labute approximate surface area is 299 Å². The van der Waals surface area contributed by atoms with Crippen molar-refractivity contribution in [3.05, 3.63) is 156 Å². The molecule has 0 bridgehead atoms. The van der Waals surface area contributed by atoms with Gasteiger partial charge in [0.1, 0.15) is 0 Å². The quantitative estimate of drug-likeness (QED) is 0.0476. The van der Waals surface area contributed by atoms with Crippen LogP contribution < -0.4 is 0 Å². The molecule has 49 heavy (non-hydrogen) atoms. The molecule has 3 aromatic carbocycles. The number of rotatable bonds is 23. The highest BCUT2D eigenvalue weighted by Crippen LogP contribution is 2.40. The van der Waals surface area contributed by atoms with E-state index in [0.717, 1.165) is 32.1 Å². The molecule has 0 aliphatic carbocycles. The normalized spacial score (nSPS) is 12.0. The van der Waals surface area contributed by atoms with Crippen molar-refractivity contribution in [1.82, 2.24) is 4.90 Å². The van der Waals surface area contributed by atoms with Gasteiger partial charge in [-0.3, -0.25) is 0 Å². The van der Waals surface area contributed by atoms with Gasteiger partial charge in [-0.2, -0.15) is 0 Å². The van der Waals surface area contributed by atoms with Crippen molar-refractivity contribution in [3.63, 3.8) is 0 Å². The van der Waals surface area contributed by atoms with Gasteiger partial charge >= 0.3 is 5.97 Å². The number of allylic oxidation sites excluding steroid dienone is 7. The first-order valence-electron chi connectivity index (χ1n) is 18.9. The minimum Gasteiger partial charge on any atom is -0.478 e. The van der Waals surface area contributed by atoms with Crippen molar-refractivity contribution in [2.75, 3.05) is 19.6 Å². The molecule has 0 aliphatic rings. The van der Waals surface area contributed by atoms with Gasteiger partial charge in [-0.1, -0.05) is 219 Å². The molecule has 0 saturated carbocycles. The summed E-state index contributed by atoms with van der Waals surface area (Å²) in [5, 5.41) is 8.41. The molecule has 3 nitrogen and oxygen atoms in total. The third kappa shape index (κ3) is 16.8. The van der Waals surface area contributed by atoms with Crippen LogP contribution in [-0.4, -0.2) is 35.6 Å². The number of hydrogen-bond acceptors (Lipinski definition) is 2. The summed E-state index contributed by atoms with van der Waals surface area (Å²) >= 11 is 0. The van der Waals surface area contributed by atoms with Gasteiger partial charge in [0.05, 0.1) is 5.41 Å². The summed E-state index contributed by atoms with van der Waals surface area (Å²) in [5.74, 6) is -0.921. The first kappa shape index (κ1) is 41.2. The van der Waals surface area contributed by atoms with Crippen LogP contribution in [0.3, 0.4) is 0 Å². The first-order chi connectivity index (χ1) is 24.1. The summed E-state index contributed by atoms with van der Waals surface area (Å²) < 4.78 is 0. The number of carboxylic acid groups (broad SMARTS) is 1. The second kappa shape index (κ2) is 26.9. The van der Waals surface area contributed by atoms with Gasteiger partial charge in [-0.05, 0) is 42.6 Å². The number of carbonyl (C=O) groups is 1. The molecule has 3 aromatic rings. The van der Waals surface area contributed by atoms with E-state index in [1.807, 2.05) is 18.2 Å². The number of aliphatic carboxylic acids is 1.